The van der Waals surface area contributed by atoms with E-state index >= 15 is 0 Å². The summed E-state index contributed by atoms with van der Waals surface area (Å²) in [6, 6.07) is 15.0. The Morgan fingerprint density at radius 3 is 2.77 bits per heavy atom. The lowest BCUT2D eigenvalue weighted by molar-refractivity contribution is 0.179. The number of aliphatic imine (C=N–C) groups is 1. The van der Waals surface area contributed by atoms with E-state index in [4.69, 9.17) is 15.2 Å². The van der Waals surface area contributed by atoms with Gasteiger partial charge in [0, 0.05) is 13.2 Å². The van der Waals surface area contributed by atoms with Crippen molar-refractivity contribution in [3.63, 3.8) is 0 Å². The first kappa shape index (κ1) is 18.3. The molecule has 1 aliphatic heterocycles. The van der Waals surface area contributed by atoms with Crippen LogP contribution in [0.2, 0.25) is 0 Å². The average Bonchev–Trinajstić information content (AvgIpc) is 2.66. The molecule has 0 fully saturated rings. The van der Waals surface area contributed by atoms with Crippen LogP contribution in [0.5, 0.6) is 5.75 Å². The van der Waals surface area contributed by atoms with Gasteiger partial charge in [-0.3, -0.25) is 0 Å². The molecule has 1 aliphatic rings. The molecule has 0 saturated carbocycles. The van der Waals surface area contributed by atoms with E-state index in [0.717, 1.165) is 30.8 Å². The molecule has 0 radical (unpaired) electrons. The molecule has 0 bridgehead atoms. The van der Waals surface area contributed by atoms with E-state index in [0.29, 0.717) is 19.1 Å². The predicted octanol–water partition coefficient (Wildman–Crippen LogP) is 3.12. The normalized spacial score (nSPS) is 15.1. The van der Waals surface area contributed by atoms with Gasteiger partial charge in [0.15, 0.2) is 5.96 Å². The summed E-state index contributed by atoms with van der Waals surface area (Å²) in [5.41, 5.74) is 10.8. The number of nitrogens with zero attached hydrogens (tertiary/aromatic N) is 1. The van der Waals surface area contributed by atoms with Gasteiger partial charge in [-0.1, -0.05) is 30.3 Å². The van der Waals surface area contributed by atoms with Crippen molar-refractivity contribution in [1.29, 1.82) is 0 Å². The number of nitrogens with two attached hydrogens (primary N) is 1. The third-order valence-electron chi connectivity index (χ3n) is 4.44. The summed E-state index contributed by atoms with van der Waals surface area (Å²) in [5.74, 6) is 1.46. The monoisotopic (exact) mass is 353 g/mol. The lowest BCUT2D eigenvalue weighted by Crippen LogP contribution is -2.40. The van der Waals surface area contributed by atoms with Crippen LogP contribution in [0.4, 0.5) is 0 Å². The van der Waals surface area contributed by atoms with Crippen LogP contribution in [0.3, 0.4) is 0 Å². The second-order valence-corrected chi connectivity index (χ2v) is 6.67. The van der Waals surface area contributed by atoms with E-state index < -0.39 is 0 Å². The molecule has 0 aromatic heterocycles. The minimum absolute atomic E-state index is 0.138. The molecule has 0 saturated heterocycles. The van der Waals surface area contributed by atoms with Gasteiger partial charge in [-0.05, 0) is 54.2 Å². The summed E-state index contributed by atoms with van der Waals surface area (Å²) in [7, 11) is 1.67. The number of ether oxygens (including phenoxy) is 2. The van der Waals surface area contributed by atoms with Crippen LogP contribution < -0.4 is 15.8 Å². The number of hydrogen-bond donors (Lipinski definition) is 2. The molecule has 0 amide bonds. The SMILES string of the molecule is COCC(C)NC(N)=NCc1ccc(-c2ccc3c(c2)CCCO3)cc1. The van der Waals surface area contributed by atoms with Crippen LogP contribution in [0.1, 0.15) is 24.5 Å². The van der Waals surface area contributed by atoms with E-state index in [2.05, 4.69) is 52.8 Å². The largest absolute Gasteiger partial charge is 0.493 e. The Bertz CT molecular complexity index is 756. The van der Waals surface area contributed by atoms with Gasteiger partial charge in [-0.15, -0.1) is 0 Å². The second-order valence-electron chi connectivity index (χ2n) is 6.67. The molecule has 0 spiro atoms. The molecule has 138 valence electrons. The minimum atomic E-state index is 0.138. The topological polar surface area (TPSA) is 68.9 Å². The summed E-state index contributed by atoms with van der Waals surface area (Å²) in [6.07, 6.45) is 2.18. The summed E-state index contributed by atoms with van der Waals surface area (Å²) in [4.78, 5) is 4.39. The van der Waals surface area contributed by atoms with Crippen molar-refractivity contribution in [3.8, 4) is 16.9 Å². The number of methoxy groups -OCH3 is 1. The lowest BCUT2D eigenvalue weighted by atomic mass is 9.98. The summed E-state index contributed by atoms with van der Waals surface area (Å²) in [5, 5.41) is 3.11. The number of fused-ring (bicyclic) bond motifs is 1. The van der Waals surface area contributed by atoms with Crippen LogP contribution in [0, 0.1) is 0 Å². The van der Waals surface area contributed by atoms with E-state index in [9.17, 15) is 0 Å². The molecule has 0 aliphatic carbocycles. The molecule has 1 atom stereocenters. The van der Waals surface area contributed by atoms with Gasteiger partial charge >= 0.3 is 0 Å². The molecule has 26 heavy (non-hydrogen) atoms. The Morgan fingerprint density at radius 1 is 1.23 bits per heavy atom. The zero-order valence-corrected chi connectivity index (χ0v) is 15.5. The van der Waals surface area contributed by atoms with Gasteiger partial charge in [0.1, 0.15) is 5.75 Å². The Morgan fingerprint density at radius 2 is 2.00 bits per heavy atom. The zero-order chi connectivity index (χ0) is 18.4. The summed E-state index contributed by atoms with van der Waals surface area (Å²) < 4.78 is 10.8. The Balaban J connectivity index is 1.63. The van der Waals surface area contributed by atoms with E-state index in [1.807, 2.05) is 6.92 Å². The first-order valence-corrected chi connectivity index (χ1v) is 9.06. The molecular weight excluding hydrogens is 326 g/mol. The molecule has 2 aromatic rings. The van der Waals surface area contributed by atoms with Crippen molar-refractivity contribution in [2.45, 2.75) is 32.4 Å². The van der Waals surface area contributed by atoms with Crippen LogP contribution in [0.25, 0.3) is 11.1 Å². The maximum absolute atomic E-state index is 5.91. The molecule has 3 N–H and O–H groups in total. The van der Waals surface area contributed by atoms with Gasteiger partial charge in [-0.25, -0.2) is 4.99 Å². The fraction of sp³-hybridized carbons (Fsp3) is 0.381. The highest BCUT2D eigenvalue weighted by molar-refractivity contribution is 5.78. The molecular formula is C21H27N3O2. The first-order valence-electron chi connectivity index (χ1n) is 9.06. The van der Waals surface area contributed by atoms with Crippen LogP contribution in [-0.4, -0.2) is 32.3 Å². The van der Waals surface area contributed by atoms with Crippen molar-refractivity contribution < 1.29 is 9.47 Å². The van der Waals surface area contributed by atoms with Crippen LogP contribution >= 0.6 is 0 Å². The highest BCUT2D eigenvalue weighted by Crippen LogP contribution is 2.30. The van der Waals surface area contributed by atoms with E-state index in [1.165, 1.54) is 16.7 Å². The predicted molar refractivity (Wildman–Crippen MR) is 105 cm³/mol. The first-order chi connectivity index (χ1) is 12.7. The van der Waals surface area contributed by atoms with E-state index in [1.54, 1.807) is 7.11 Å². The number of guanidine groups is 1. The maximum Gasteiger partial charge on any atom is 0.189 e. The Labute approximate surface area is 155 Å². The quantitative estimate of drug-likeness (QED) is 0.618. The number of nitrogens with one attached hydrogen (secondary N) is 1. The smallest absolute Gasteiger partial charge is 0.189 e. The van der Waals surface area contributed by atoms with Crippen molar-refractivity contribution in [2.24, 2.45) is 10.7 Å². The molecule has 1 heterocycles. The van der Waals surface area contributed by atoms with Gasteiger partial charge in [0.2, 0.25) is 0 Å². The minimum Gasteiger partial charge on any atom is -0.493 e. The van der Waals surface area contributed by atoms with Crippen molar-refractivity contribution >= 4 is 5.96 Å². The highest BCUT2D eigenvalue weighted by atomic mass is 16.5. The zero-order valence-electron chi connectivity index (χ0n) is 15.5. The van der Waals surface area contributed by atoms with Gasteiger partial charge < -0.3 is 20.5 Å². The number of hydrogen-bond acceptors (Lipinski definition) is 3. The molecule has 5 heteroatoms. The summed E-state index contributed by atoms with van der Waals surface area (Å²) >= 11 is 0. The average molecular weight is 353 g/mol. The number of benzene rings is 2. The maximum atomic E-state index is 5.91. The molecule has 5 nitrogen and oxygen atoms in total. The molecule has 3 rings (SSSR count). The van der Waals surface area contributed by atoms with Gasteiger partial charge in [0.05, 0.1) is 19.8 Å². The van der Waals surface area contributed by atoms with Crippen molar-refractivity contribution in [1.82, 2.24) is 5.32 Å². The van der Waals surface area contributed by atoms with Crippen LogP contribution in [0.15, 0.2) is 47.5 Å². The van der Waals surface area contributed by atoms with Gasteiger partial charge in [-0.2, -0.15) is 0 Å². The second kappa shape index (κ2) is 8.72. The highest BCUT2D eigenvalue weighted by Gasteiger charge is 2.11. The number of rotatable bonds is 6. The number of aryl methyl sites for hydroxylation is 1. The van der Waals surface area contributed by atoms with Crippen LogP contribution in [-0.2, 0) is 17.7 Å². The Hall–Kier alpha value is -2.53. The summed E-state index contributed by atoms with van der Waals surface area (Å²) in [6.45, 7) is 3.97. The molecule has 2 aromatic carbocycles. The lowest BCUT2D eigenvalue weighted by Gasteiger charge is -2.18. The van der Waals surface area contributed by atoms with Crippen molar-refractivity contribution in [3.05, 3.63) is 53.6 Å². The standard InChI is InChI=1S/C21H27N3O2/c1-15(14-25-2)24-21(22)23-13-16-5-7-17(8-6-16)18-9-10-20-19(12-18)4-3-11-26-20/h5-10,12,15H,3-4,11,13-14H2,1-2H3,(H3,22,23,24). The van der Waals surface area contributed by atoms with Gasteiger partial charge in [0.25, 0.3) is 0 Å². The third-order valence-corrected chi connectivity index (χ3v) is 4.44. The third kappa shape index (κ3) is 4.76. The fourth-order valence-corrected chi connectivity index (χ4v) is 3.11. The Kier molecular flexibility index (Phi) is 6.12. The van der Waals surface area contributed by atoms with Crippen molar-refractivity contribution in [2.75, 3.05) is 20.3 Å². The van der Waals surface area contributed by atoms with E-state index in [-0.39, 0.29) is 6.04 Å². The fourth-order valence-electron chi connectivity index (χ4n) is 3.11. The molecule has 1 unspecified atom stereocenters.